The molecule has 0 saturated carbocycles. The summed E-state index contributed by atoms with van der Waals surface area (Å²) in [4.78, 5) is 4.11. The number of hydrogen-bond acceptors (Lipinski definition) is 2. The van der Waals surface area contributed by atoms with Crippen molar-refractivity contribution < 1.29 is 8.78 Å². The number of aryl methyl sites for hydroxylation is 1. The molecule has 1 aromatic heterocycles. The van der Waals surface area contributed by atoms with Crippen molar-refractivity contribution in [1.82, 2.24) is 9.55 Å². The quantitative estimate of drug-likeness (QED) is 0.850. The Bertz CT molecular complexity index is 488. The Morgan fingerprint density at radius 2 is 1.88 bits per heavy atom. The van der Waals surface area contributed by atoms with E-state index in [1.807, 2.05) is 0 Å². The molecule has 0 unspecified atom stereocenters. The van der Waals surface area contributed by atoms with Gasteiger partial charge in [0.25, 0.3) is 6.43 Å². The van der Waals surface area contributed by atoms with Gasteiger partial charge in [-0.2, -0.15) is 0 Å². The lowest BCUT2D eigenvalue weighted by Crippen LogP contribution is -1.95. The predicted molar refractivity (Wildman–Crippen MR) is 58.0 cm³/mol. The molecule has 0 aliphatic rings. The van der Waals surface area contributed by atoms with Gasteiger partial charge in [-0.25, -0.2) is 13.8 Å². The number of rotatable bonds is 2. The normalized spacial score (nSPS) is 11.0. The first kappa shape index (κ1) is 10.6. The molecule has 84 valence electrons. The van der Waals surface area contributed by atoms with E-state index in [0.29, 0.717) is 11.5 Å². The molecule has 0 atom stereocenters. The molecule has 0 spiro atoms. The zero-order valence-corrected chi connectivity index (χ0v) is 8.69. The standard InChI is InChI=1S/C11H11F2N3/c1-16-6-15-9(11(16)14)7-2-4-8(5-3-7)10(12)13/h2-6,10H,14H2,1H3. The number of nitrogens with zero attached hydrogens (tertiary/aromatic N) is 2. The van der Waals surface area contributed by atoms with Gasteiger partial charge < -0.3 is 10.3 Å². The Balaban J connectivity index is 2.38. The average Bonchev–Trinajstić information content (AvgIpc) is 2.60. The summed E-state index contributed by atoms with van der Waals surface area (Å²) in [5.41, 5.74) is 7.14. The minimum absolute atomic E-state index is 0.00162. The third kappa shape index (κ3) is 1.76. The fourth-order valence-electron chi connectivity index (χ4n) is 1.45. The number of imidazole rings is 1. The summed E-state index contributed by atoms with van der Waals surface area (Å²) in [6.45, 7) is 0. The summed E-state index contributed by atoms with van der Waals surface area (Å²) < 4.78 is 26.4. The number of benzene rings is 1. The van der Waals surface area contributed by atoms with Gasteiger partial charge in [-0.15, -0.1) is 0 Å². The van der Waals surface area contributed by atoms with Crippen LogP contribution in [0.1, 0.15) is 12.0 Å². The van der Waals surface area contributed by atoms with Crippen molar-refractivity contribution in [3.05, 3.63) is 36.2 Å². The fraction of sp³-hybridized carbons (Fsp3) is 0.182. The van der Waals surface area contributed by atoms with Crippen molar-refractivity contribution in [3.8, 4) is 11.3 Å². The molecule has 0 radical (unpaired) electrons. The van der Waals surface area contributed by atoms with E-state index in [-0.39, 0.29) is 5.56 Å². The molecular weight excluding hydrogens is 212 g/mol. The van der Waals surface area contributed by atoms with E-state index in [4.69, 9.17) is 5.73 Å². The van der Waals surface area contributed by atoms with E-state index in [1.165, 1.54) is 12.1 Å². The number of hydrogen-bond donors (Lipinski definition) is 1. The summed E-state index contributed by atoms with van der Waals surface area (Å²) in [5.74, 6) is 0.518. The summed E-state index contributed by atoms with van der Waals surface area (Å²) in [5, 5.41) is 0. The number of aromatic nitrogens is 2. The number of nitrogens with two attached hydrogens (primary N) is 1. The van der Waals surface area contributed by atoms with Crippen molar-refractivity contribution in [1.29, 1.82) is 0 Å². The van der Waals surface area contributed by atoms with Gasteiger partial charge in [-0.05, 0) is 0 Å². The highest BCUT2D eigenvalue weighted by atomic mass is 19.3. The molecule has 2 rings (SSSR count). The van der Waals surface area contributed by atoms with Crippen LogP contribution in [-0.2, 0) is 7.05 Å². The first-order valence-electron chi connectivity index (χ1n) is 4.75. The number of alkyl halides is 2. The predicted octanol–water partition coefficient (Wildman–Crippen LogP) is 2.61. The van der Waals surface area contributed by atoms with Crippen molar-refractivity contribution >= 4 is 5.82 Å². The van der Waals surface area contributed by atoms with Crippen LogP contribution in [0.4, 0.5) is 14.6 Å². The molecule has 5 heteroatoms. The summed E-state index contributed by atoms with van der Waals surface area (Å²) in [6.07, 6.45) is -0.860. The second-order valence-corrected chi connectivity index (χ2v) is 3.51. The van der Waals surface area contributed by atoms with E-state index in [1.54, 1.807) is 30.1 Å². The largest absolute Gasteiger partial charge is 0.383 e. The third-order valence-corrected chi connectivity index (χ3v) is 2.42. The van der Waals surface area contributed by atoms with Gasteiger partial charge in [-0.3, -0.25) is 0 Å². The molecule has 0 bridgehead atoms. The first-order valence-corrected chi connectivity index (χ1v) is 4.75. The molecule has 0 fully saturated rings. The van der Waals surface area contributed by atoms with Crippen molar-refractivity contribution in [2.45, 2.75) is 6.43 Å². The van der Waals surface area contributed by atoms with Crippen LogP contribution in [0.5, 0.6) is 0 Å². The van der Waals surface area contributed by atoms with Crippen molar-refractivity contribution in [2.24, 2.45) is 7.05 Å². The van der Waals surface area contributed by atoms with Crippen molar-refractivity contribution in [3.63, 3.8) is 0 Å². The molecule has 3 nitrogen and oxygen atoms in total. The van der Waals surface area contributed by atoms with E-state index in [9.17, 15) is 8.78 Å². The van der Waals surface area contributed by atoms with E-state index in [2.05, 4.69) is 4.98 Å². The van der Waals surface area contributed by atoms with Crippen LogP contribution >= 0.6 is 0 Å². The smallest absolute Gasteiger partial charge is 0.263 e. The zero-order valence-electron chi connectivity index (χ0n) is 8.69. The SMILES string of the molecule is Cn1cnc(-c2ccc(C(F)F)cc2)c1N. The number of halogens is 2. The maximum atomic E-state index is 12.3. The van der Waals surface area contributed by atoms with Gasteiger partial charge in [0.2, 0.25) is 0 Å². The molecule has 0 aliphatic carbocycles. The van der Waals surface area contributed by atoms with Crippen LogP contribution in [0.25, 0.3) is 11.3 Å². The molecule has 2 aromatic rings. The van der Waals surface area contributed by atoms with Crippen LogP contribution in [-0.4, -0.2) is 9.55 Å². The Morgan fingerprint density at radius 3 is 2.31 bits per heavy atom. The average molecular weight is 223 g/mol. The summed E-state index contributed by atoms with van der Waals surface area (Å²) in [7, 11) is 1.78. The Labute approximate surface area is 91.5 Å². The minimum Gasteiger partial charge on any atom is -0.383 e. The number of anilines is 1. The zero-order chi connectivity index (χ0) is 11.7. The van der Waals surface area contributed by atoms with E-state index < -0.39 is 6.43 Å². The van der Waals surface area contributed by atoms with Crippen LogP contribution in [0, 0.1) is 0 Å². The van der Waals surface area contributed by atoms with E-state index in [0.717, 1.165) is 5.56 Å². The third-order valence-electron chi connectivity index (χ3n) is 2.42. The lowest BCUT2D eigenvalue weighted by Gasteiger charge is -2.02. The van der Waals surface area contributed by atoms with E-state index >= 15 is 0 Å². The highest BCUT2D eigenvalue weighted by molar-refractivity contribution is 5.70. The molecule has 0 aliphatic heterocycles. The number of nitrogen functional groups attached to an aromatic ring is 1. The Morgan fingerprint density at radius 1 is 1.25 bits per heavy atom. The fourth-order valence-corrected chi connectivity index (χ4v) is 1.45. The molecule has 1 heterocycles. The topological polar surface area (TPSA) is 43.8 Å². The Hall–Kier alpha value is -1.91. The Kier molecular flexibility index (Phi) is 2.60. The molecule has 2 N–H and O–H groups in total. The monoisotopic (exact) mass is 223 g/mol. The molecule has 0 amide bonds. The lowest BCUT2D eigenvalue weighted by atomic mass is 10.1. The van der Waals surface area contributed by atoms with Crippen LogP contribution in [0.2, 0.25) is 0 Å². The van der Waals surface area contributed by atoms with Gasteiger partial charge >= 0.3 is 0 Å². The molecule has 0 saturated heterocycles. The van der Waals surface area contributed by atoms with Gasteiger partial charge in [0, 0.05) is 18.2 Å². The summed E-state index contributed by atoms with van der Waals surface area (Å²) in [6, 6.07) is 5.96. The van der Waals surface area contributed by atoms with Crippen LogP contribution < -0.4 is 5.73 Å². The van der Waals surface area contributed by atoms with Gasteiger partial charge in [0.1, 0.15) is 11.5 Å². The first-order chi connectivity index (χ1) is 7.59. The second-order valence-electron chi connectivity index (χ2n) is 3.51. The summed E-state index contributed by atoms with van der Waals surface area (Å²) >= 11 is 0. The molecular formula is C11H11F2N3. The van der Waals surface area contributed by atoms with Crippen LogP contribution in [0.15, 0.2) is 30.6 Å². The van der Waals surface area contributed by atoms with Gasteiger partial charge in [-0.1, -0.05) is 24.3 Å². The highest BCUT2D eigenvalue weighted by Crippen LogP contribution is 2.26. The van der Waals surface area contributed by atoms with Gasteiger partial charge in [0.15, 0.2) is 0 Å². The molecule has 16 heavy (non-hydrogen) atoms. The lowest BCUT2D eigenvalue weighted by molar-refractivity contribution is 0.151. The molecule has 1 aromatic carbocycles. The van der Waals surface area contributed by atoms with Crippen LogP contribution in [0.3, 0.4) is 0 Å². The van der Waals surface area contributed by atoms with Crippen molar-refractivity contribution in [2.75, 3.05) is 5.73 Å². The maximum Gasteiger partial charge on any atom is 0.263 e. The highest BCUT2D eigenvalue weighted by Gasteiger charge is 2.10. The maximum absolute atomic E-state index is 12.3. The minimum atomic E-state index is -2.45. The van der Waals surface area contributed by atoms with Gasteiger partial charge in [0.05, 0.1) is 6.33 Å². The second kappa shape index (κ2) is 3.92.